The molecular formula is C31H37NO2. The lowest BCUT2D eigenvalue weighted by atomic mass is 9.98. The molecule has 3 rings (SSSR count). The van der Waals surface area contributed by atoms with Crippen molar-refractivity contribution in [2.45, 2.75) is 58.7 Å². The predicted octanol–water partition coefficient (Wildman–Crippen LogP) is 7.47. The molecule has 0 aromatic heterocycles. The fraction of sp³-hybridized carbons (Fsp3) is 0.323. The standard InChI is InChI=1S/C31H37NO2/c1-25(22-26-14-8-5-9-15-26)20-21-29(23-27-16-10-6-11-17-27)32(30(33)34-31(2,3)4)24-28-18-12-7-13-19-28/h5-21,25,29H,22-24H2,1-4H3/b21-20+/t25-,29-/m1/s1. The second-order valence-corrected chi connectivity index (χ2v) is 9.90. The summed E-state index contributed by atoms with van der Waals surface area (Å²) in [4.78, 5) is 15.3. The number of rotatable bonds is 9. The van der Waals surface area contributed by atoms with Crippen LogP contribution in [0.25, 0.3) is 0 Å². The maximum atomic E-state index is 13.4. The van der Waals surface area contributed by atoms with Crippen LogP contribution in [0.2, 0.25) is 0 Å². The Balaban J connectivity index is 1.88. The van der Waals surface area contributed by atoms with Gasteiger partial charge in [-0.1, -0.05) is 110 Å². The van der Waals surface area contributed by atoms with Crippen molar-refractivity contribution in [3.05, 3.63) is 120 Å². The SMILES string of the molecule is C[C@H](/C=C/[C@H](Cc1ccccc1)N(Cc1ccccc1)C(=O)OC(C)(C)C)Cc1ccccc1. The first kappa shape index (κ1) is 25.3. The molecule has 0 aliphatic rings. The number of nitrogens with zero attached hydrogens (tertiary/aromatic N) is 1. The van der Waals surface area contributed by atoms with E-state index in [2.05, 4.69) is 67.6 Å². The van der Waals surface area contributed by atoms with Gasteiger partial charge in [-0.3, -0.25) is 4.90 Å². The molecule has 3 heteroatoms. The summed E-state index contributed by atoms with van der Waals surface area (Å²) < 4.78 is 5.85. The van der Waals surface area contributed by atoms with Crippen LogP contribution in [0.5, 0.6) is 0 Å². The van der Waals surface area contributed by atoms with Crippen LogP contribution in [0.15, 0.2) is 103 Å². The minimum absolute atomic E-state index is 0.129. The van der Waals surface area contributed by atoms with Crippen molar-refractivity contribution in [1.29, 1.82) is 0 Å². The van der Waals surface area contributed by atoms with Crippen molar-refractivity contribution >= 4 is 6.09 Å². The Morgan fingerprint density at radius 3 is 1.74 bits per heavy atom. The third-order valence-corrected chi connectivity index (χ3v) is 5.57. The third kappa shape index (κ3) is 8.55. The molecule has 0 N–H and O–H groups in total. The molecular weight excluding hydrogens is 418 g/mol. The average Bonchev–Trinajstić information content (AvgIpc) is 2.81. The zero-order valence-electron chi connectivity index (χ0n) is 20.9. The highest BCUT2D eigenvalue weighted by molar-refractivity contribution is 5.69. The van der Waals surface area contributed by atoms with Crippen LogP contribution < -0.4 is 0 Å². The summed E-state index contributed by atoms with van der Waals surface area (Å²) >= 11 is 0. The zero-order valence-corrected chi connectivity index (χ0v) is 20.9. The molecule has 3 aromatic rings. The first-order valence-corrected chi connectivity index (χ1v) is 12.1. The fourth-order valence-corrected chi connectivity index (χ4v) is 3.93. The molecule has 1 amide bonds. The largest absolute Gasteiger partial charge is 0.444 e. The van der Waals surface area contributed by atoms with Crippen molar-refractivity contribution in [3.63, 3.8) is 0 Å². The molecule has 0 radical (unpaired) electrons. The first-order valence-electron chi connectivity index (χ1n) is 12.1. The lowest BCUT2D eigenvalue weighted by Gasteiger charge is -2.33. The second kappa shape index (κ2) is 12.2. The van der Waals surface area contributed by atoms with Crippen molar-refractivity contribution in [1.82, 2.24) is 4.90 Å². The first-order chi connectivity index (χ1) is 16.3. The van der Waals surface area contributed by atoms with E-state index in [1.54, 1.807) is 0 Å². The molecule has 3 nitrogen and oxygen atoms in total. The summed E-state index contributed by atoms with van der Waals surface area (Å²) in [5.74, 6) is 0.345. The van der Waals surface area contributed by atoms with E-state index in [4.69, 9.17) is 4.74 Å². The number of allylic oxidation sites excluding steroid dienone is 1. The van der Waals surface area contributed by atoms with Crippen LogP contribution in [0, 0.1) is 5.92 Å². The van der Waals surface area contributed by atoms with Crippen LogP contribution >= 0.6 is 0 Å². The van der Waals surface area contributed by atoms with E-state index in [9.17, 15) is 4.79 Å². The average molecular weight is 456 g/mol. The van der Waals surface area contributed by atoms with Crippen LogP contribution in [0.1, 0.15) is 44.4 Å². The van der Waals surface area contributed by atoms with Gasteiger partial charge >= 0.3 is 6.09 Å². The topological polar surface area (TPSA) is 29.5 Å². The number of hydrogen-bond donors (Lipinski definition) is 0. The van der Waals surface area contributed by atoms with Gasteiger partial charge in [0.05, 0.1) is 6.04 Å². The van der Waals surface area contributed by atoms with Gasteiger partial charge in [0.1, 0.15) is 5.60 Å². The minimum Gasteiger partial charge on any atom is -0.444 e. The van der Waals surface area contributed by atoms with Crippen LogP contribution in [0.3, 0.4) is 0 Å². The number of carbonyl (C=O) groups excluding carboxylic acids is 1. The fourth-order valence-electron chi connectivity index (χ4n) is 3.93. The van der Waals surface area contributed by atoms with Gasteiger partial charge < -0.3 is 4.74 Å². The summed E-state index contributed by atoms with van der Waals surface area (Å²) in [6.07, 6.45) is 5.82. The highest BCUT2D eigenvalue weighted by Gasteiger charge is 2.27. The van der Waals surface area contributed by atoms with Crippen LogP contribution in [-0.4, -0.2) is 22.6 Å². The van der Waals surface area contributed by atoms with Gasteiger partial charge in [-0.2, -0.15) is 0 Å². The quantitative estimate of drug-likeness (QED) is 0.313. The van der Waals surface area contributed by atoms with Crippen molar-refractivity contribution < 1.29 is 9.53 Å². The van der Waals surface area contributed by atoms with Gasteiger partial charge in [0.2, 0.25) is 0 Å². The Hall–Kier alpha value is -3.33. The molecule has 0 aliphatic heterocycles. The Morgan fingerprint density at radius 2 is 1.24 bits per heavy atom. The number of ether oxygens (including phenoxy) is 1. The molecule has 0 bridgehead atoms. The molecule has 0 heterocycles. The maximum absolute atomic E-state index is 13.4. The van der Waals surface area contributed by atoms with E-state index in [1.165, 1.54) is 11.1 Å². The molecule has 0 fully saturated rings. The van der Waals surface area contributed by atoms with Crippen LogP contribution in [0.4, 0.5) is 4.79 Å². The summed E-state index contributed by atoms with van der Waals surface area (Å²) in [5.41, 5.74) is 3.02. The Bertz CT molecular complexity index is 1020. The molecule has 0 unspecified atom stereocenters. The summed E-state index contributed by atoms with van der Waals surface area (Å²) in [5, 5.41) is 0. The summed E-state index contributed by atoms with van der Waals surface area (Å²) in [6, 6.07) is 30.8. The Labute approximate surface area is 205 Å². The predicted molar refractivity (Wildman–Crippen MR) is 141 cm³/mol. The number of hydrogen-bond acceptors (Lipinski definition) is 2. The molecule has 34 heavy (non-hydrogen) atoms. The van der Waals surface area contributed by atoms with Gasteiger partial charge in [0.15, 0.2) is 0 Å². The van der Waals surface area contributed by atoms with Crippen molar-refractivity contribution in [2.24, 2.45) is 5.92 Å². The van der Waals surface area contributed by atoms with E-state index >= 15 is 0 Å². The minimum atomic E-state index is -0.562. The van der Waals surface area contributed by atoms with Gasteiger partial charge in [-0.15, -0.1) is 0 Å². The van der Waals surface area contributed by atoms with E-state index in [0.29, 0.717) is 12.5 Å². The van der Waals surface area contributed by atoms with Gasteiger partial charge in [0, 0.05) is 6.54 Å². The molecule has 2 atom stereocenters. The zero-order chi connectivity index (χ0) is 24.4. The highest BCUT2D eigenvalue weighted by Crippen LogP contribution is 2.20. The van der Waals surface area contributed by atoms with E-state index in [-0.39, 0.29) is 12.1 Å². The highest BCUT2D eigenvalue weighted by atomic mass is 16.6. The molecule has 0 spiro atoms. The summed E-state index contributed by atoms with van der Waals surface area (Å²) in [6.45, 7) is 8.45. The Kier molecular flexibility index (Phi) is 9.09. The normalized spacial score (nSPS) is 13.4. The maximum Gasteiger partial charge on any atom is 0.411 e. The Morgan fingerprint density at radius 1 is 0.765 bits per heavy atom. The number of amides is 1. The second-order valence-electron chi connectivity index (χ2n) is 9.90. The lowest BCUT2D eigenvalue weighted by Crippen LogP contribution is -2.43. The van der Waals surface area contributed by atoms with Gasteiger partial charge in [0.25, 0.3) is 0 Å². The smallest absolute Gasteiger partial charge is 0.411 e. The van der Waals surface area contributed by atoms with Crippen molar-refractivity contribution in [2.75, 3.05) is 0 Å². The molecule has 3 aromatic carbocycles. The van der Waals surface area contributed by atoms with Crippen molar-refractivity contribution in [3.8, 4) is 0 Å². The van der Waals surface area contributed by atoms with E-state index in [1.807, 2.05) is 68.1 Å². The van der Waals surface area contributed by atoms with E-state index < -0.39 is 5.60 Å². The molecule has 0 aliphatic carbocycles. The molecule has 0 saturated heterocycles. The number of carbonyl (C=O) groups is 1. The lowest BCUT2D eigenvalue weighted by molar-refractivity contribution is 0.0180. The molecule has 0 saturated carbocycles. The monoisotopic (exact) mass is 455 g/mol. The number of benzene rings is 3. The summed E-state index contributed by atoms with van der Waals surface area (Å²) in [7, 11) is 0. The third-order valence-electron chi connectivity index (χ3n) is 5.57. The van der Waals surface area contributed by atoms with Gasteiger partial charge in [-0.05, 0) is 56.2 Å². The molecule has 178 valence electrons. The van der Waals surface area contributed by atoms with E-state index in [0.717, 1.165) is 18.4 Å². The van der Waals surface area contributed by atoms with Gasteiger partial charge in [-0.25, -0.2) is 4.79 Å². The van der Waals surface area contributed by atoms with Crippen LogP contribution in [-0.2, 0) is 24.1 Å².